The number of likely N-dealkylation sites (tertiary alicyclic amines) is 1. The second kappa shape index (κ2) is 5.50. The molecule has 2 fully saturated rings. The molecule has 2 heterocycles. The first kappa shape index (κ1) is 14.1. The average Bonchev–Trinajstić information content (AvgIpc) is 2.79. The number of nitrogens with zero attached hydrogens (tertiary/aromatic N) is 1. The van der Waals surface area contributed by atoms with Gasteiger partial charge in [0, 0.05) is 13.1 Å². The summed E-state index contributed by atoms with van der Waals surface area (Å²) in [6.45, 7) is 12.9. The second-order valence-electron chi connectivity index (χ2n) is 7.07. The maximum atomic E-state index is 3.50. The van der Waals surface area contributed by atoms with Crippen molar-refractivity contribution in [3.63, 3.8) is 0 Å². The molecule has 2 aliphatic heterocycles. The Morgan fingerprint density at radius 1 is 1.00 bits per heavy atom. The minimum absolute atomic E-state index is 0.624. The molecule has 3 rings (SSSR count). The van der Waals surface area contributed by atoms with E-state index in [4.69, 9.17) is 0 Å². The number of benzene rings is 1. The predicted molar refractivity (Wildman–Crippen MR) is 85.1 cm³/mol. The molecule has 0 bridgehead atoms. The van der Waals surface area contributed by atoms with Crippen LogP contribution in [0.2, 0.25) is 0 Å². The molecular formula is C18H28N2. The highest BCUT2D eigenvalue weighted by molar-refractivity contribution is 5.36. The molecule has 1 spiro atoms. The average molecular weight is 272 g/mol. The Balaban J connectivity index is 1.69. The third-order valence-electron chi connectivity index (χ3n) is 5.53. The molecule has 1 N–H and O–H groups in total. The van der Waals surface area contributed by atoms with E-state index in [-0.39, 0.29) is 0 Å². The number of hydrogen-bond donors (Lipinski definition) is 1. The summed E-state index contributed by atoms with van der Waals surface area (Å²) >= 11 is 0. The van der Waals surface area contributed by atoms with Crippen molar-refractivity contribution in [2.75, 3.05) is 26.2 Å². The van der Waals surface area contributed by atoms with E-state index in [2.05, 4.69) is 43.1 Å². The Labute approximate surface area is 123 Å². The van der Waals surface area contributed by atoms with Crippen LogP contribution in [0.5, 0.6) is 0 Å². The fraction of sp³-hybridized carbons (Fsp3) is 0.667. The van der Waals surface area contributed by atoms with Crippen molar-refractivity contribution in [3.05, 3.63) is 34.4 Å². The van der Waals surface area contributed by atoms with Gasteiger partial charge in [-0.05, 0) is 87.3 Å². The zero-order valence-electron chi connectivity index (χ0n) is 13.3. The molecule has 0 saturated carbocycles. The molecule has 0 radical (unpaired) electrons. The van der Waals surface area contributed by atoms with Crippen molar-refractivity contribution in [3.8, 4) is 0 Å². The lowest BCUT2D eigenvalue weighted by Crippen LogP contribution is -2.38. The van der Waals surface area contributed by atoms with Gasteiger partial charge in [-0.25, -0.2) is 0 Å². The first-order valence-electron chi connectivity index (χ1n) is 8.08. The van der Waals surface area contributed by atoms with E-state index in [1.54, 1.807) is 0 Å². The molecule has 2 heteroatoms. The lowest BCUT2D eigenvalue weighted by atomic mass is 9.78. The summed E-state index contributed by atoms with van der Waals surface area (Å²) in [6.07, 6.45) is 4.14. The quantitative estimate of drug-likeness (QED) is 0.889. The van der Waals surface area contributed by atoms with Crippen LogP contribution >= 0.6 is 0 Å². The van der Waals surface area contributed by atoms with Crippen molar-refractivity contribution < 1.29 is 0 Å². The third-order valence-corrected chi connectivity index (χ3v) is 5.53. The van der Waals surface area contributed by atoms with Crippen LogP contribution in [0.4, 0.5) is 0 Å². The van der Waals surface area contributed by atoms with E-state index in [0.29, 0.717) is 5.41 Å². The molecule has 20 heavy (non-hydrogen) atoms. The van der Waals surface area contributed by atoms with E-state index in [1.165, 1.54) is 67.7 Å². The van der Waals surface area contributed by atoms with Crippen molar-refractivity contribution in [1.82, 2.24) is 10.2 Å². The van der Waals surface area contributed by atoms with Gasteiger partial charge in [-0.3, -0.25) is 4.90 Å². The summed E-state index contributed by atoms with van der Waals surface area (Å²) in [5, 5.41) is 3.50. The largest absolute Gasteiger partial charge is 0.317 e. The summed E-state index contributed by atoms with van der Waals surface area (Å²) in [5.74, 6) is 0. The van der Waals surface area contributed by atoms with Crippen LogP contribution < -0.4 is 5.32 Å². The van der Waals surface area contributed by atoms with Crippen molar-refractivity contribution in [1.29, 1.82) is 0 Å². The Morgan fingerprint density at radius 3 is 2.45 bits per heavy atom. The van der Waals surface area contributed by atoms with E-state index >= 15 is 0 Å². The Bertz CT molecular complexity index is 486. The highest BCUT2D eigenvalue weighted by atomic mass is 15.2. The van der Waals surface area contributed by atoms with E-state index < -0.39 is 0 Å². The van der Waals surface area contributed by atoms with Gasteiger partial charge in [0.2, 0.25) is 0 Å². The van der Waals surface area contributed by atoms with Crippen LogP contribution in [0.1, 0.15) is 41.5 Å². The van der Waals surface area contributed by atoms with Crippen LogP contribution in [-0.4, -0.2) is 31.1 Å². The van der Waals surface area contributed by atoms with Gasteiger partial charge in [0.05, 0.1) is 0 Å². The van der Waals surface area contributed by atoms with Crippen molar-refractivity contribution >= 4 is 0 Å². The molecule has 110 valence electrons. The van der Waals surface area contributed by atoms with Crippen LogP contribution in [0.15, 0.2) is 12.1 Å². The molecule has 0 atom stereocenters. The zero-order chi connectivity index (χ0) is 14.2. The van der Waals surface area contributed by atoms with Crippen LogP contribution in [0.25, 0.3) is 0 Å². The minimum atomic E-state index is 0.624. The van der Waals surface area contributed by atoms with E-state index in [1.807, 2.05) is 0 Å². The van der Waals surface area contributed by atoms with E-state index in [9.17, 15) is 0 Å². The lowest BCUT2D eigenvalue weighted by molar-refractivity contribution is 0.194. The molecule has 0 amide bonds. The molecule has 1 aromatic carbocycles. The first-order chi connectivity index (χ1) is 9.58. The van der Waals surface area contributed by atoms with Crippen molar-refractivity contribution in [2.45, 2.75) is 46.6 Å². The molecule has 0 aromatic heterocycles. The standard InChI is InChI=1S/C18H28N2/c1-14-10-16(3)17(11-15(14)2)12-20-9-6-18(13-20)4-7-19-8-5-18/h10-11,19H,4-9,12-13H2,1-3H3. The van der Waals surface area contributed by atoms with Gasteiger partial charge in [0.25, 0.3) is 0 Å². The van der Waals surface area contributed by atoms with Crippen LogP contribution in [0, 0.1) is 26.2 Å². The number of nitrogens with one attached hydrogen (secondary N) is 1. The maximum Gasteiger partial charge on any atom is 0.0236 e. The minimum Gasteiger partial charge on any atom is -0.317 e. The summed E-state index contributed by atoms with van der Waals surface area (Å²) in [5.41, 5.74) is 6.46. The Kier molecular flexibility index (Phi) is 3.87. The van der Waals surface area contributed by atoms with Gasteiger partial charge >= 0.3 is 0 Å². The maximum absolute atomic E-state index is 3.50. The fourth-order valence-electron chi connectivity index (χ4n) is 3.96. The topological polar surface area (TPSA) is 15.3 Å². The summed E-state index contributed by atoms with van der Waals surface area (Å²) in [6, 6.07) is 4.75. The number of piperidine rings is 1. The number of rotatable bonds is 2. The van der Waals surface area contributed by atoms with Gasteiger partial charge in [-0.1, -0.05) is 12.1 Å². The second-order valence-corrected chi connectivity index (χ2v) is 7.07. The highest BCUT2D eigenvalue weighted by Gasteiger charge is 2.38. The number of hydrogen-bond acceptors (Lipinski definition) is 2. The van der Waals surface area contributed by atoms with Gasteiger partial charge < -0.3 is 5.32 Å². The normalized spacial score (nSPS) is 22.6. The summed E-state index contributed by atoms with van der Waals surface area (Å²) in [4.78, 5) is 2.68. The molecule has 0 aliphatic carbocycles. The molecular weight excluding hydrogens is 244 g/mol. The highest BCUT2D eigenvalue weighted by Crippen LogP contribution is 2.39. The summed E-state index contributed by atoms with van der Waals surface area (Å²) in [7, 11) is 0. The Morgan fingerprint density at radius 2 is 1.70 bits per heavy atom. The van der Waals surface area contributed by atoms with Crippen molar-refractivity contribution in [2.24, 2.45) is 5.41 Å². The lowest BCUT2D eigenvalue weighted by Gasteiger charge is -2.34. The zero-order valence-corrected chi connectivity index (χ0v) is 13.3. The monoisotopic (exact) mass is 272 g/mol. The molecule has 0 unspecified atom stereocenters. The molecule has 2 nitrogen and oxygen atoms in total. The van der Waals surface area contributed by atoms with Gasteiger partial charge in [-0.2, -0.15) is 0 Å². The third kappa shape index (κ3) is 2.77. The molecule has 1 aromatic rings. The van der Waals surface area contributed by atoms with Crippen LogP contribution in [0.3, 0.4) is 0 Å². The first-order valence-corrected chi connectivity index (χ1v) is 8.08. The van der Waals surface area contributed by atoms with Crippen LogP contribution in [-0.2, 0) is 6.54 Å². The fourth-order valence-corrected chi connectivity index (χ4v) is 3.96. The van der Waals surface area contributed by atoms with Gasteiger partial charge in [0.1, 0.15) is 0 Å². The molecule has 2 aliphatic rings. The number of aryl methyl sites for hydroxylation is 3. The molecule has 2 saturated heterocycles. The predicted octanol–water partition coefficient (Wildman–Crippen LogP) is 3.19. The van der Waals surface area contributed by atoms with Gasteiger partial charge in [0.15, 0.2) is 0 Å². The Hall–Kier alpha value is -0.860. The van der Waals surface area contributed by atoms with E-state index in [0.717, 1.165) is 6.54 Å². The smallest absolute Gasteiger partial charge is 0.0236 e. The SMILES string of the molecule is Cc1cc(C)c(CN2CCC3(CCNCC3)C2)cc1C. The van der Waals surface area contributed by atoms with Gasteiger partial charge in [-0.15, -0.1) is 0 Å². The summed E-state index contributed by atoms with van der Waals surface area (Å²) < 4.78 is 0.